The van der Waals surface area contributed by atoms with Crippen molar-refractivity contribution in [1.82, 2.24) is 4.90 Å². The Morgan fingerprint density at radius 1 is 1.29 bits per heavy atom. The maximum atomic E-state index is 11.5. The summed E-state index contributed by atoms with van der Waals surface area (Å²) >= 11 is 0. The smallest absolute Gasteiger partial charge is 0.118 e. The topological polar surface area (TPSA) is 43.7 Å². The summed E-state index contributed by atoms with van der Waals surface area (Å²) in [5.41, 5.74) is 0.971. The number of aryl methyl sites for hydroxylation is 1. The average Bonchev–Trinajstić information content (AvgIpc) is 2.81. The molecule has 4 atom stereocenters. The van der Waals surface area contributed by atoms with Crippen LogP contribution in [0.5, 0.6) is 5.75 Å². The van der Waals surface area contributed by atoms with E-state index in [9.17, 15) is 10.2 Å². The molecule has 3 nitrogen and oxygen atoms in total. The molecule has 0 spiro atoms. The molecule has 116 valence electrons. The number of aliphatic hydroxyl groups is 1. The molecule has 1 aromatic carbocycles. The van der Waals surface area contributed by atoms with E-state index in [1.807, 2.05) is 19.1 Å². The van der Waals surface area contributed by atoms with Gasteiger partial charge in [-0.3, -0.25) is 0 Å². The predicted molar refractivity (Wildman–Crippen MR) is 84.2 cm³/mol. The van der Waals surface area contributed by atoms with E-state index < -0.39 is 5.60 Å². The monoisotopic (exact) mass is 289 g/mol. The number of phenols is 1. The summed E-state index contributed by atoms with van der Waals surface area (Å²) in [6, 6.07) is 5.71. The summed E-state index contributed by atoms with van der Waals surface area (Å²) in [6.45, 7) is 2.80. The van der Waals surface area contributed by atoms with E-state index >= 15 is 0 Å². The van der Waals surface area contributed by atoms with Crippen LogP contribution in [0, 0.1) is 24.7 Å². The Morgan fingerprint density at radius 2 is 2.05 bits per heavy atom. The zero-order valence-electron chi connectivity index (χ0n) is 13.3. The lowest BCUT2D eigenvalue weighted by Gasteiger charge is -2.45. The highest BCUT2D eigenvalue weighted by atomic mass is 16.3. The molecular formula is C18H27NO2. The third kappa shape index (κ3) is 2.58. The van der Waals surface area contributed by atoms with E-state index in [-0.39, 0.29) is 5.92 Å². The molecule has 0 aliphatic heterocycles. The highest BCUT2D eigenvalue weighted by molar-refractivity contribution is 5.39. The lowest BCUT2D eigenvalue weighted by Crippen LogP contribution is -2.47. The number of fused-ring (bicyclic) bond motifs is 2. The number of rotatable bonds is 3. The van der Waals surface area contributed by atoms with Gasteiger partial charge in [-0.25, -0.2) is 0 Å². The van der Waals surface area contributed by atoms with Gasteiger partial charge in [0.25, 0.3) is 0 Å². The molecule has 0 radical (unpaired) electrons. The number of benzene rings is 1. The molecule has 0 unspecified atom stereocenters. The van der Waals surface area contributed by atoms with Gasteiger partial charge in [0.05, 0.1) is 5.60 Å². The second kappa shape index (κ2) is 5.29. The van der Waals surface area contributed by atoms with Gasteiger partial charge in [0.1, 0.15) is 5.75 Å². The largest absolute Gasteiger partial charge is 0.508 e. The normalized spacial score (nSPS) is 35.4. The first-order valence-corrected chi connectivity index (χ1v) is 8.07. The van der Waals surface area contributed by atoms with Gasteiger partial charge in [-0.1, -0.05) is 18.6 Å². The van der Waals surface area contributed by atoms with Crippen LogP contribution in [0.2, 0.25) is 0 Å². The highest BCUT2D eigenvalue weighted by Crippen LogP contribution is 2.54. The van der Waals surface area contributed by atoms with Crippen LogP contribution in [0.25, 0.3) is 0 Å². The van der Waals surface area contributed by atoms with Gasteiger partial charge in [-0.15, -0.1) is 0 Å². The van der Waals surface area contributed by atoms with Crippen molar-refractivity contribution in [2.45, 2.75) is 38.2 Å². The summed E-state index contributed by atoms with van der Waals surface area (Å²) in [5, 5.41) is 21.5. The van der Waals surface area contributed by atoms with E-state index in [2.05, 4.69) is 19.0 Å². The van der Waals surface area contributed by atoms with Crippen LogP contribution in [0.3, 0.4) is 0 Å². The molecule has 2 N–H and O–H groups in total. The van der Waals surface area contributed by atoms with Crippen LogP contribution in [0.1, 0.15) is 36.8 Å². The average molecular weight is 289 g/mol. The number of aromatic hydroxyl groups is 1. The van der Waals surface area contributed by atoms with Gasteiger partial charge < -0.3 is 15.1 Å². The van der Waals surface area contributed by atoms with Gasteiger partial charge in [-0.2, -0.15) is 0 Å². The van der Waals surface area contributed by atoms with Gasteiger partial charge in [0, 0.05) is 12.5 Å². The Bertz CT molecular complexity index is 528. The Kier molecular flexibility index (Phi) is 3.74. The van der Waals surface area contributed by atoms with Crippen molar-refractivity contribution in [3.05, 3.63) is 29.3 Å². The van der Waals surface area contributed by atoms with Crippen LogP contribution < -0.4 is 0 Å². The second-order valence-corrected chi connectivity index (χ2v) is 7.44. The summed E-state index contributed by atoms with van der Waals surface area (Å²) in [6.07, 6.45) is 4.58. The van der Waals surface area contributed by atoms with E-state index in [1.165, 1.54) is 19.3 Å². The Labute approximate surface area is 127 Å². The molecule has 3 heteroatoms. The van der Waals surface area contributed by atoms with E-state index in [1.54, 1.807) is 6.07 Å². The van der Waals surface area contributed by atoms with Crippen molar-refractivity contribution in [3.63, 3.8) is 0 Å². The molecule has 2 aliphatic carbocycles. The zero-order chi connectivity index (χ0) is 15.2. The number of nitrogens with zero attached hydrogens (tertiary/aromatic N) is 1. The lowest BCUT2D eigenvalue weighted by molar-refractivity contribution is -0.0892. The van der Waals surface area contributed by atoms with Crippen molar-refractivity contribution in [2.24, 2.45) is 17.8 Å². The maximum Gasteiger partial charge on any atom is 0.118 e. The van der Waals surface area contributed by atoms with Crippen molar-refractivity contribution >= 4 is 0 Å². The van der Waals surface area contributed by atoms with Crippen LogP contribution in [-0.4, -0.2) is 35.8 Å². The lowest BCUT2D eigenvalue weighted by atomic mass is 9.66. The molecule has 21 heavy (non-hydrogen) atoms. The fourth-order valence-electron chi connectivity index (χ4n) is 4.55. The summed E-state index contributed by atoms with van der Waals surface area (Å²) < 4.78 is 0. The van der Waals surface area contributed by atoms with Crippen molar-refractivity contribution in [1.29, 1.82) is 0 Å². The second-order valence-electron chi connectivity index (χ2n) is 7.44. The third-order valence-corrected chi connectivity index (χ3v) is 5.63. The maximum absolute atomic E-state index is 11.5. The Morgan fingerprint density at radius 3 is 2.71 bits per heavy atom. The SMILES string of the molecule is Cc1ccc([C@@]2(O)C[C@@H]3CC[C@@H](C3)[C@@H]2CN(C)C)cc1O. The molecule has 0 saturated heterocycles. The Hall–Kier alpha value is -1.06. The molecular weight excluding hydrogens is 262 g/mol. The van der Waals surface area contributed by atoms with Gasteiger partial charge in [-0.05, 0) is 69.3 Å². The Balaban J connectivity index is 2.00. The van der Waals surface area contributed by atoms with Crippen molar-refractivity contribution < 1.29 is 10.2 Å². The fraction of sp³-hybridized carbons (Fsp3) is 0.667. The van der Waals surface area contributed by atoms with E-state index in [4.69, 9.17) is 0 Å². The van der Waals surface area contributed by atoms with Crippen LogP contribution in [0.4, 0.5) is 0 Å². The minimum absolute atomic E-state index is 0.258. The van der Waals surface area contributed by atoms with Crippen molar-refractivity contribution in [2.75, 3.05) is 20.6 Å². The predicted octanol–water partition coefficient (Wildman–Crippen LogP) is 2.89. The molecule has 2 bridgehead atoms. The van der Waals surface area contributed by atoms with Gasteiger partial charge in [0.2, 0.25) is 0 Å². The molecule has 0 aromatic heterocycles. The first-order valence-electron chi connectivity index (χ1n) is 8.07. The molecule has 1 aromatic rings. The molecule has 2 aliphatic rings. The molecule has 3 rings (SSSR count). The molecule has 0 amide bonds. The fourth-order valence-corrected chi connectivity index (χ4v) is 4.55. The molecule has 2 saturated carbocycles. The first kappa shape index (κ1) is 14.9. The minimum Gasteiger partial charge on any atom is -0.508 e. The highest BCUT2D eigenvalue weighted by Gasteiger charge is 2.51. The summed E-state index contributed by atoms with van der Waals surface area (Å²) in [7, 11) is 4.15. The van der Waals surface area contributed by atoms with Gasteiger partial charge >= 0.3 is 0 Å². The molecule has 0 heterocycles. The van der Waals surface area contributed by atoms with Crippen LogP contribution in [-0.2, 0) is 5.60 Å². The zero-order valence-corrected chi connectivity index (χ0v) is 13.3. The van der Waals surface area contributed by atoms with E-state index in [0.29, 0.717) is 17.6 Å². The standard InChI is InChI=1S/C18H27NO2/c1-12-4-7-15(9-17(12)20)18(21)10-13-5-6-14(8-13)16(18)11-19(2)3/h4,7,9,13-14,16,20-21H,5-6,8,10-11H2,1-3H3/t13-,14+,16+,18+/m1/s1. The van der Waals surface area contributed by atoms with Gasteiger partial charge in [0.15, 0.2) is 0 Å². The van der Waals surface area contributed by atoms with Crippen LogP contribution >= 0.6 is 0 Å². The number of hydrogen-bond donors (Lipinski definition) is 2. The van der Waals surface area contributed by atoms with E-state index in [0.717, 1.165) is 24.1 Å². The first-order chi connectivity index (χ1) is 9.90. The summed E-state index contributed by atoms with van der Waals surface area (Å²) in [5.74, 6) is 1.80. The summed E-state index contributed by atoms with van der Waals surface area (Å²) in [4.78, 5) is 2.18. The third-order valence-electron chi connectivity index (χ3n) is 5.63. The number of hydrogen-bond acceptors (Lipinski definition) is 3. The molecule has 2 fully saturated rings. The quantitative estimate of drug-likeness (QED) is 0.899. The van der Waals surface area contributed by atoms with Crippen molar-refractivity contribution in [3.8, 4) is 5.75 Å². The minimum atomic E-state index is -0.792. The van der Waals surface area contributed by atoms with Crippen LogP contribution in [0.15, 0.2) is 18.2 Å². The number of phenolic OH excluding ortho intramolecular Hbond substituents is 1.